The summed E-state index contributed by atoms with van der Waals surface area (Å²) >= 11 is 6.17. The molecule has 0 saturated carbocycles. The van der Waals surface area contributed by atoms with Gasteiger partial charge in [-0.2, -0.15) is 0 Å². The molecule has 0 spiro atoms. The molecule has 0 fully saturated rings. The van der Waals surface area contributed by atoms with Crippen molar-refractivity contribution >= 4 is 61.2 Å². The lowest BCUT2D eigenvalue weighted by Crippen LogP contribution is -2.03. The zero-order chi connectivity index (χ0) is 30.9. The molecule has 1 aliphatic rings. The molecule has 0 aliphatic heterocycles. The summed E-state index contributed by atoms with van der Waals surface area (Å²) in [4.78, 5) is 0. The zero-order valence-corrected chi connectivity index (χ0v) is 26.6. The standard InChI is InChI=1S/C44H31ClO/c1-26-31-10-3-6-13-34(31)40(25-39(26)43-27(2)32-11-4-5-12-33(32)35-14-7-8-15-36(35)43)37-16-9-17-41-44(37)38-23-20-29(24-42(38)46-41)28-18-21-30(45)22-19-28/h3-7,9-14,16-25H,8,15H2,1-2H3. The van der Waals surface area contributed by atoms with Crippen LogP contribution in [0.3, 0.4) is 0 Å². The summed E-state index contributed by atoms with van der Waals surface area (Å²) in [7, 11) is 0. The van der Waals surface area contributed by atoms with Crippen LogP contribution in [0.4, 0.5) is 0 Å². The molecular formula is C44H31ClO. The van der Waals surface area contributed by atoms with Crippen molar-refractivity contribution in [1.82, 2.24) is 0 Å². The van der Waals surface area contributed by atoms with Gasteiger partial charge in [-0.05, 0) is 140 Å². The highest BCUT2D eigenvalue weighted by Crippen LogP contribution is 2.46. The molecule has 8 aromatic rings. The third-order valence-corrected chi connectivity index (χ3v) is 10.3. The fourth-order valence-electron chi connectivity index (χ4n) is 7.82. The van der Waals surface area contributed by atoms with E-state index in [9.17, 15) is 0 Å². The smallest absolute Gasteiger partial charge is 0.136 e. The maximum absolute atomic E-state index is 6.56. The van der Waals surface area contributed by atoms with Crippen LogP contribution in [0.25, 0.3) is 82.9 Å². The highest BCUT2D eigenvalue weighted by molar-refractivity contribution is 6.30. The first-order chi connectivity index (χ1) is 22.6. The molecule has 1 aromatic heterocycles. The number of hydrogen-bond donors (Lipinski definition) is 0. The van der Waals surface area contributed by atoms with Gasteiger partial charge in [-0.25, -0.2) is 0 Å². The molecule has 9 rings (SSSR count). The average molecular weight is 611 g/mol. The number of halogens is 1. The number of allylic oxidation sites excluding steroid dienone is 1. The Labute approximate surface area is 273 Å². The molecule has 46 heavy (non-hydrogen) atoms. The third-order valence-electron chi connectivity index (χ3n) is 10.0. The predicted molar refractivity (Wildman–Crippen MR) is 197 cm³/mol. The molecule has 1 heterocycles. The number of aryl methyl sites for hydroxylation is 2. The van der Waals surface area contributed by atoms with Gasteiger partial charge < -0.3 is 4.42 Å². The van der Waals surface area contributed by atoms with E-state index in [1.165, 1.54) is 66.1 Å². The molecule has 0 radical (unpaired) electrons. The molecule has 7 aromatic carbocycles. The van der Waals surface area contributed by atoms with E-state index in [1.54, 1.807) is 0 Å². The summed E-state index contributed by atoms with van der Waals surface area (Å²) in [6.45, 7) is 4.61. The van der Waals surface area contributed by atoms with Crippen LogP contribution in [-0.4, -0.2) is 0 Å². The normalized spacial score (nSPS) is 12.8. The first-order valence-corrected chi connectivity index (χ1v) is 16.4. The molecule has 0 unspecified atom stereocenters. The SMILES string of the molecule is Cc1c(-c2c3c(c4ccccc4c2C)C=CCC3)cc(-c2cccc3oc4cc(-c5ccc(Cl)cc5)ccc4c23)c2ccccc12. The first kappa shape index (κ1) is 27.2. The van der Waals surface area contributed by atoms with E-state index >= 15 is 0 Å². The van der Waals surface area contributed by atoms with Gasteiger partial charge in [-0.1, -0.05) is 103 Å². The lowest BCUT2D eigenvalue weighted by Gasteiger charge is -2.24. The lowest BCUT2D eigenvalue weighted by molar-refractivity contribution is 0.669. The van der Waals surface area contributed by atoms with Gasteiger partial charge in [-0.15, -0.1) is 0 Å². The summed E-state index contributed by atoms with van der Waals surface area (Å²) in [6.07, 6.45) is 6.79. The van der Waals surface area contributed by atoms with Crippen molar-refractivity contribution in [3.05, 3.63) is 149 Å². The van der Waals surface area contributed by atoms with Crippen LogP contribution in [0.5, 0.6) is 0 Å². The van der Waals surface area contributed by atoms with Gasteiger partial charge in [0.1, 0.15) is 11.2 Å². The minimum atomic E-state index is 0.735. The van der Waals surface area contributed by atoms with Crippen LogP contribution in [0.15, 0.2) is 126 Å². The molecular weight excluding hydrogens is 580 g/mol. The van der Waals surface area contributed by atoms with E-state index in [-0.39, 0.29) is 0 Å². The first-order valence-electron chi connectivity index (χ1n) is 16.0. The number of benzene rings is 7. The topological polar surface area (TPSA) is 13.1 Å². The molecule has 2 heteroatoms. The second kappa shape index (κ2) is 10.5. The summed E-state index contributed by atoms with van der Waals surface area (Å²) < 4.78 is 6.56. The van der Waals surface area contributed by atoms with E-state index in [4.69, 9.17) is 16.0 Å². The Hall–Kier alpha value is -5.11. The molecule has 1 nitrogen and oxygen atoms in total. The molecule has 220 valence electrons. The maximum atomic E-state index is 6.56. The molecule has 0 saturated heterocycles. The molecule has 0 bridgehead atoms. The van der Waals surface area contributed by atoms with Gasteiger partial charge in [-0.3, -0.25) is 0 Å². The van der Waals surface area contributed by atoms with E-state index in [0.717, 1.165) is 50.9 Å². The fourth-order valence-corrected chi connectivity index (χ4v) is 7.95. The van der Waals surface area contributed by atoms with E-state index in [1.807, 2.05) is 12.1 Å². The van der Waals surface area contributed by atoms with Crippen LogP contribution >= 0.6 is 11.6 Å². The minimum Gasteiger partial charge on any atom is -0.456 e. The number of hydrogen-bond acceptors (Lipinski definition) is 1. The largest absolute Gasteiger partial charge is 0.456 e. The summed E-state index contributed by atoms with van der Waals surface area (Å²) in [5.41, 5.74) is 14.7. The molecule has 0 atom stereocenters. The molecule has 0 amide bonds. The summed E-state index contributed by atoms with van der Waals surface area (Å²) in [5, 5.41) is 8.24. The van der Waals surface area contributed by atoms with Crippen molar-refractivity contribution < 1.29 is 4.42 Å². The average Bonchev–Trinajstić information content (AvgIpc) is 3.48. The van der Waals surface area contributed by atoms with Crippen LogP contribution in [0.1, 0.15) is 28.7 Å². The van der Waals surface area contributed by atoms with Crippen LogP contribution in [0.2, 0.25) is 5.02 Å². The Morgan fingerprint density at radius 2 is 1.28 bits per heavy atom. The summed E-state index contributed by atoms with van der Waals surface area (Å²) in [5.74, 6) is 0. The van der Waals surface area contributed by atoms with Gasteiger partial charge in [0.15, 0.2) is 0 Å². The Balaban J connectivity index is 1.33. The van der Waals surface area contributed by atoms with Crippen molar-refractivity contribution in [2.45, 2.75) is 26.7 Å². The highest BCUT2D eigenvalue weighted by atomic mass is 35.5. The van der Waals surface area contributed by atoms with E-state index in [0.29, 0.717) is 0 Å². The quantitative estimate of drug-likeness (QED) is 0.194. The van der Waals surface area contributed by atoms with E-state index in [2.05, 4.69) is 129 Å². The number of rotatable bonds is 3. The zero-order valence-electron chi connectivity index (χ0n) is 25.8. The van der Waals surface area contributed by atoms with Crippen molar-refractivity contribution in [2.24, 2.45) is 0 Å². The van der Waals surface area contributed by atoms with Crippen molar-refractivity contribution in [3.63, 3.8) is 0 Å². The van der Waals surface area contributed by atoms with Crippen LogP contribution < -0.4 is 0 Å². The number of fused-ring (bicyclic) bond motifs is 7. The maximum Gasteiger partial charge on any atom is 0.136 e. The predicted octanol–water partition coefficient (Wildman–Crippen LogP) is 13.1. The second-order valence-corrected chi connectivity index (χ2v) is 13.0. The third kappa shape index (κ3) is 4.09. The monoisotopic (exact) mass is 610 g/mol. The van der Waals surface area contributed by atoms with Gasteiger partial charge in [0.25, 0.3) is 0 Å². The number of furan rings is 1. The van der Waals surface area contributed by atoms with Crippen LogP contribution in [-0.2, 0) is 6.42 Å². The van der Waals surface area contributed by atoms with Crippen molar-refractivity contribution in [1.29, 1.82) is 0 Å². The van der Waals surface area contributed by atoms with Gasteiger partial charge in [0.2, 0.25) is 0 Å². The lowest BCUT2D eigenvalue weighted by atomic mass is 9.79. The molecule has 1 aliphatic carbocycles. The summed E-state index contributed by atoms with van der Waals surface area (Å²) in [6, 6.07) is 41.2. The minimum absolute atomic E-state index is 0.735. The second-order valence-electron chi connectivity index (χ2n) is 12.5. The van der Waals surface area contributed by atoms with Gasteiger partial charge in [0.05, 0.1) is 0 Å². The Bertz CT molecular complexity index is 2550. The van der Waals surface area contributed by atoms with Crippen LogP contribution in [0, 0.1) is 13.8 Å². The fraction of sp³-hybridized carbons (Fsp3) is 0.0909. The van der Waals surface area contributed by atoms with E-state index < -0.39 is 0 Å². The van der Waals surface area contributed by atoms with Gasteiger partial charge >= 0.3 is 0 Å². The Kier molecular flexibility index (Phi) is 6.20. The molecule has 0 N–H and O–H groups in total. The Morgan fingerprint density at radius 1 is 0.565 bits per heavy atom. The highest BCUT2D eigenvalue weighted by Gasteiger charge is 2.23. The van der Waals surface area contributed by atoms with Crippen molar-refractivity contribution in [3.8, 4) is 33.4 Å². The Morgan fingerprint density at radius 3 is 2.09 bits per heavy atom. The van der Waals surface area contributed by atoms with Crippen molar-refractivity contribution in [2.75, 3.05) is 0 Å². The van der Waals surface area contributed by atoms with Gasteiger partial charge in [0, 0.05) is 15.8 Å².